The Balaban J connectivity index is 1.35. The minimum Gasteiger partial charge on any atom is -0.490 e. The van der Waals surface area contributed by atoms with Gasteiger partial charge in [0.15, 0.2) is 5.11 Å². The Bertz CT molecular complexity index is 1300. The molecule has 0 spiro atoms. The van der Waals surface area contributed by atoms with Crippen LogP contribution in [0.4, 0.5) is 5.69 Å². The van der Waals surface area contributed by atoms with Crippen molar-refractivity contribution in [3.8, 4) is 5.75 Å². The number of nitrogens with zero attached hydrogens (tertiary/aromatic N) is 4. The predicted molar refractivity (Wildman–Crippen MR) is 145 cm³/mol. The molecule has 2 atom stereocenters. The number of thiocarbonyl (C=S) groups is 1. The second-order valence-corrected chi connectivity index (χ2v) is 9.78. The van der Waals surface area contributed by atoms with Gasteiger partial charge >= 0.3 is 0 Å². The molecule has 0 amide bonds. The molecule has 0 bridgehead atoms. The van der Waals surface area contributed by atoms with Crippen LogP contribution in [0.5, 0.6) is 5.75 Å². The van der Waals surface area contributed by atoms with E-state index in [4.69, 9.17) is 17.0 Å². The molecule has 1 saturated carbocycles. The number of rotatable bonds is 7. The van der Waals surface area contributed by atoms with E-state index >= 15 is 0 Å². The van der Waals surface area contributed by atoms with Crippen LogP contribution in [-0.2, 0) is 6.54 Å². The monoisotopic (exact) mass is 495 g/mol. The van der Waals surface area contributed by atoms with Crippen molar-refractivity contribution in [1.82, 2.24) is 19.9 Å². The molecule has 2 fully saturated rings. The van der Waals surface area contributed by atoms with E-state index in [1.165, 1.54) is 12.8 Å². The van der Waals surface area contributed by atoms with E-state index < -0.39 is 0 Å². The zero-order chi connectivity index (χ0) is 24.3. The molecule has 36 heavy (non-hydrogen) atoms. The highest BCUT2D eigenvalue weighted by Crippen LogP contribution is 2.42. The molecule has 1 N–H and O–H groups in total. The maximum Gasteiger partial charge on any atom is 0.174 e. The summed E-state index contributed by atoms with van der Waals surface area (Å²) in [5.74, 6) is 0.917. The third-order valence-electron chi connectivity index (χ3n) is 7.04. The number of nitrogens with one attached hydrogen (secondary N) is 1. The van der Waals surface area contributed by atoms with Gasteiger partial charge in [0.25, 0.3) is 0 Å². The number of benzene rings is 1. The molecule has 1 aliphatic heterocycles. The fourth-order valence-corrected chi connectivity index (χ4v) is 5.67. The minimum atomic E-state index is -0.0921. The molecule has 1 aliphatic carbocycles. The molecule has 3 aromatic heterocycles. The van der Waals surface area contributed by atoms with E-state index in [-0.39, 0.29) is 12.1 Å². The van der Waals surface area contributed by atoms with E-state index in [2.05, 4.69) is 79.5 Å². The summed E-state index contributed by atoms with van der Waals surface area (Å²) in [6.45, 7) is 0.684. The van der Waals surface area contributed by atoms with Crippen LogP contribution >= 0.6 is 12.2 Å². The summed E-state index contributed by atoms with van der Waals surface area (Å²) >= 11 is 5.91. The quantitative estimate of drug-likeness (QED) is 0.326. The Kier molecular flexibility index (Phi) is 6.38. The van der Waals surface area contributed by atoms with Crippen LogP contribution < -0.4 is 15.0 Å². The van der Waals surface area contributed by atoms with Crippen LogP contribution in [0.25, 0.3) is 0 Å². The lowest BCUT2D eigenvalue weighted by atomic mass is 10.0. The number of aromatic nitrogens is 3. The molecule has 0 unspecified atom stereocenters. The minimum absolute atomic E-state index is 0.0762. The third kappa shape index (κ3) is 4.58. The fourth-order valence-electron chi connectivity index (χ4n) is 5.32. The van der Waals surface area contributed by atoms with Gasteiger partial charge in [-0.2, -0.15) is 0 Å². The Hall–Kier alpha value is -3.71. The number of pyridine rings is 2. The highest BCUT2D eigenvalue weighted by atomic mass is 32.1. The molecule has 4 aromatic rings. The van der Waals surface area contributed by atoms with Gasteiger partial charge < -0.3 is 19.5 Å². The van der Waals surface area contributed by atoms with Gasteiger partial charge in [-0.25, -0.2) is 0 Å². The average Bonchev–Trinajstić information content (AvgIpc) is 3.66. The zero-order valence-corrected chi connectivity index (χ0v) is 20.8. The maximum absolute atomic E-state index is 6.21. The van der Waals surface area contributed by atoms with Crippen LogP contribution in [0, 0.1) is 0 Å². The first kappa shape index (κ1) is 22.7. The van der Waals surface area contributed by atoms with Gasteiger partial charge in [-0.3, -0.25) is 9.97 Å². The van der Waals surface area contributed by atoms with Gasteiger partial charge in [-0.05, 0) is 98.6 Å². The molecule has 0 radical (unpaired) electrons. The van der Waals surface area contributed by atoms with E-state index in [1.807, 2.05) is 36.7 Å². The summed E-state index contributed by atoms with van der Waals surface area (Å²) in [5, 5.41) is 4.24. The van der Waals surface area contributed by atoms with Crippen molar-refractivity contribution in [1.29, 1.82) is 0 Å². The van der Waals surface area contributed by atoms with Crippen molar-refractivity contribution in [2.45, 2.75) is 50.4 Å². The van der Waals surface area contributed by atoms with Gasteiger partial charge in [0.1, 0.15) is 11.8 Å². The van der Waals surface area contributed by atoms with Crippen molar-refractivity contribution >= 4 is 23.0 Å². The van der Waals surface area contributed by atoms with Gasteiger partial charge in [0.2, 0.25) is 0 Å². The van der Waals surface area contributed by atoms with Crippen molar-refractivity contribution in [3.05, 3.63) is 108 Å². The highest BCUT2D eigenvalue weighted by molar-refractivity contribution is 7.80. The molecular formula is C29H29N5OS. The van der Waals surface area contributed by atoms with Crippen molar-refractivity contribution < 1.29 is 4.74 Å². The zero-order valence-electron chi connectivity index (χ0n) is 20.0. The number of anilines is 1. The van der Waals surface area contributed by atoms with Crippen LogP contribution in [0.15, 0.2) is 91.4 Å². The van der Waals surface area contributed by atoms with Gasteiger partial charge in [0, 0.05) is 30.0 Å². The molecule has 6 rings (SSSR count). The Labute approximate surface area is 217 Å². The summed E-state index contributed by atoms with van der Waals surface area (Å²) in [5.41, 5.74) is 4.15. The molecule has 1 saturated heterocycles. The molecule has 4 heterocycles. The Morgan fingerprint density at radius 3 is 2.39 bits per heavy atom. The lowest BCUT2D eigenvalue weighted by Gasteiger charge is -2.29. The summed E-state index contributed by atoms with van der Waals surface area (Å²) in [6.07, 6.45) is 10.9. The normalized spacial score (nSPS) is 20.0. The van der Waals surface area contributed by atoms with Crippen molar-refractivity contribution in [2.75, 3.05) is 4.90 Å². The molecule has 2 aliphatic rings. The highest BCUT2D eigenvalue weighted by Gasteiger charge is 2.42. The van der Waals surface area contributed by atoms with Crippen LogP contribution in [0.2, 0.25) is 0 Å². The van der Waals surface area contributed by atoms with E-state index in [0.29, 0.717) is 17.8 Å². The summed E-state index contributed by atoms with van der Waals surface area (Å²) < 4.78 is 8.46. The smallest absolute Gasteiger partial charge is 0.174 e. The molecular weight excluding hydrogens is 466 g/mol. The maximum atomic E-state index is 6.21. The second kappa shape index (κ2) is 10.1. The number of ether oxygens (including phenoxy) is 1. The number of hydrogen-bond donors (Lipinski definition) is 1. The largest absolute Gasteiger partial charge is 0.490 e. The lowest BCUT2D eigenvalue weighted by molar-refractivity contribution is 0.210. The Morgan fingerprint density at radius 1 is 0.889 bits per heavy atom. The SMILES string of the molecule is S=C1N[C@H](c2ccccn2)[C@H](c2cccn2Cc2ccccn2)N1c1ccc(OC2CCCC2)cc1. The van der Waals surface area contributed by atoms with E-state index in [9.17, 15) is 0 Å². The lowest BCUT2D eigenvalue weighted by Crippen LogP contribution is -2.30. The molecule has 6 nitrogen and oxygen atoms in total. The van der Waals surface area contributed by atoms with E-state index in [0.717, 1.165) is 41.4 Å². The van der Waals surface area contributed by atoms with Gasteiger partial charge in [-0.1, -0.05) is 12.1 Å². The Morgan fingerprint density at radius 2 is 1.67 bits per heavy atom. The molecule has 182 valence electrons. The van der Waals surface area contributed by atoms with Crippen molar-refractivity contribution in [3.63, 3.8) is 0 Å². The number of hydrogen-bond acceptors (Lipinski definition) is 4. The standard InChI is InChI=1S/C29H29N5OS/c36-29-32-27(25-11-4-6-18-31-25)28(26-12-7-19-33(26)20-21-8-3-5-17-30-21)34(29)22-13-15-24(16-14-22)35-23-9-1-2-10-23/h3-8,11-19,23,27-28H,1-2,9-10,20H2,(H,32,36)/t27-,28+/m1/s1. The summed E-state index contributed by atoms with van der Waals surface area (Å²) in [7, 11) is 0. The molecule has 7 heteroatoms. The first-order chi connectivity index (χ1) is 17.8. The van der Waals surface area contributed by atoms with Crippen LogP contribution in [-0.4, -0.2) is 25.8 Å². The molecule has 1 aromatic carbocycles. The fraction of sp³-hybridized carbons (Fsp3) is 0.276. The van der Waals surface area contributed by atoms with Crippen LogP contribution in [0.3, 0.4) is 0 Å². The summed E-state index contributed by atoms with van der Waals surface area (Å²) in [6, 6.07) is 24.5. The van der Waals surface area contributed by atoms with E-state index in [1.54, 1.807) is 0 Å². The van der Waals surface area contributed by atoms with Gasteiger partial charge in [0.05, 0.1) is 30.1 Å². The average molecular weight is 496 g/mol. The first-order valence-electron chi connectivity index (χ1n) is 12.6. The van der Waals surface area contributed by atoms with Crippen molar-refractivity contribution in [2.24, 2.45) is 0 Å². The van der Waals surface area contributed by atoms with Crippen LogP contribution in [0.1, 0.15) is 54.8 Å². The van der Waals surface area contributed by atoms with Gasteiger partial charge in [-0.15, -0.1) is 0 Å². The summed E-state index contributed by atoms with van der Waals surface area (Å²) in [4.78, 5) is 11.4. The second-order valence-electron chi connectivity index (χ2n) is 9.40. The topological polar surface area (TPSA) is 55.2 Å². The predicted octanol–water partition coefficient (Wildman–Crippen LogP) is 5.82. The third-order valence-corrected chi connectivity index (χ3v) is 7.36. The first-order valence-corrected chi connectivity index (χ1v) is 13.0.